The highest BCUT2D eigenvalue weighted by molar-refractivity contribution is 5.88. The van der Waals surface area contributed by atoms with Crippen molar-refractivity contribution in [2.75, 3.05) is 47.3 Å². The first kappa shape index (κ1) is 26.1. The molecule has 27 heavy (non-hydrogen) atoms. The standard InChI is InChI=1S/C23H47N3O/c1-6-7-8-9-10-11-12-16-22(2)21-23(27)24-17-15-20-26(5)19-14-13-18-25(3)4/h21H,6-20H2,1-5H3,(H,24,27). The van der Waals surface area contributed by atoms with Gasteiger partial charge in [-0.1, -0.05) is 51.0 Å². The first-order chi connectivity index (χ1) is 13.0. The summed E-state index contributed by atoms with van der Waals surface area (Å²) >= 11 is 0. The Hall–Kier alpha value is -0.870. The molecular formula is C23H47N3O. The molecule has 1 amide bonds. The van der Waals surface area contributed by atoms with E-state index in [1.54, 1.807) is 6.08 Å². The quantitative estimate of drug-likeness (QED) is 0.272. The molecule has 0 spiro atoms. The maximum Gasteiger partial charge on any atom is 0.243 e. The molecule has 0 saturated heterocycles. The minimum absolute atomic E-state index is 0.0732. The van der Waals surface area contributed by atoms with E-state index in [9.17, 15) is 4.79 Å². The van der Waals surface area contributed by atoms with Crippen molar-refractivity contribution < 1.29 is 4.79 Å². The highest BCUT2D eigenvalue weighted by Gasteiger charge is 2.01. The Morgan fingerprint density at radius 2 is 1.41 bits per heavy atom. The van der Waals surface area contributed by atoms with Crippen LogP contribution in [0, 0.1) is 0 Å². The molecule has 0 saturated carbocycles. The maximum atomic E-state index is 12.0. The van der Waals surface area contributed by atoms with Gasteiger partial charge in [0, 0.05) is 12.6 Å². The second kappa shape index (κ2) is 18.5. The van der Waals surface area contributed by atoms with Crippen molar-refractivity contribution in [3.8, 4) is 0 Å². The summed E-state index contributed by atoms with van der Waals surface area (Å²) in [5.41, 5.74) is 1.21. The predicted molar refractivity (Wildman–Crippen MR) is 119 cm³/mol. The van der Waals surface area contributed by atoms with Crippen LogP contribution < -0.4 is 5.32 Å². The lowest BCUT2D eigenvalue weighted by atomic mass is 10.1. The lowest BCUT2D eigenvalue weighted by molar-refractivity contribution is -0.116. The number of nitrogens with zero attached hydrogens (tertiary/aromatic N) is 2. The van der Waals surface area contributed by atoms with Crippen LogP contribution in [0.4, 0.5) is 0 Å². The van der Waals surface area contributed by atoms with Crippen molar-refractivity contribution in [1.82, 2.24) is 15.1 Å². The van der Waals surface area contributed by atoms with Gasteiger partial charge in [0.2, 0.25) is 5.91 Å². The third-order valence-corrected chi connectivity index (χ3v) is 4.96. The molecule has 0 radical (unpaired) electrons. The van der Waals surface area contributed by atoms with Crippen LogP contribution in [0.5, 0.6) is 0 Å². The van der Waals surface area contributed by atoms with Crippen molar-refractivity contribution in [3.63, 3.8) is 0 Å². The van der Waals surface area contributed by atoms with Crippen LogP contribution in [0.25, 0.3) is 0 Å². The SMILES string of the molecule is CCCCCCCCCC(C)=CC(=O)NCCCN(C)CCCCN(C)C. The molecule has 0 aliphatic rings. The van der Waals surface area contributed by atoms with Crippen LogP contribution in [0.3, 0.4) is 0 Å². The van der Waals surface area contributed by atoms with Crippen molar-refractivity contribution >= 4 is 5.91 Å². The second-order valence-electron chi connectivity index (χ2n) is 8.32. The third kappa shape index (κ3) is 19.7. The maximum absolute atomic E-state index is 12.0. The average Bonchev–Trinajstić information content (AvgIpc) is 2.61. The summed E-state index contributed by atoms with van der Waals surface area (Å²) in [5, 5.41) is 3.03. The first-order valence-electron chi connectivity index (χ1n) is 11.2. The molecule has 0 unspecified atom stereocenters. The van der Waals surface area contributed by atoms with Crippen LogP contribution in [0.1, 0.15) is 84.5 Å². The number of rotatable bonds is 18. The molecule has 0 bridgehead atoms. The van der Waals surface area contributed by atoms with Gasteiger partial charge in [0.15, 0.2) is 0 Å². The number of amides is 1. The topological polar surface area (TPSA) is 35.6 Å². The number of unbranched alkanes of at least 4 members (excludes halogenated alkanes) is 7. The molecule has 0 atom stereocenters. The molecule has 0 rings (SSSR count). The molecule has 4 heteroatoms. The number of hydrogen-bond donors (Lipinski definition) is 1. The van der Waals surface area contributed by atoms with Gasteiger partial charge in [-0.05, 0) is 79.8 Å². The minimum atomic E-state index is 0.0732. The molecule has 0 aliphatic carbocycles. The van der Waals surface area contributed by atoms with Crippen LogP contribution in [-0.4, -0.2) is 63.0 Å². The fourth-order valence-electron chi connectivity index (χ4n) is 3.19. The summed E-state index contributed by atoms with van der Waals surface area (Å²) < 4.78 is 0. The zero-order chi connectivity index (χ0) is 20.3. The molecular weight excluding hydrogens is 334 g/mol. The van der Waals surface area contributed by atoms with Gasteiger partial charge in [0.05, 0.1) is 0 Å². The smallest absolute Gasteiger partial charge is 0.243 e. The molecule has 0 aliphatic heterocycles. The first-order valence-corrected chi connectivity index (χ1v) is 11.2. The van der Waals surface area contributed by atoms with Crippen LogP contribution >= 0.6 is 0 Å². The van der Waals surface area contributed by atoms with Crippen molar-refractivity contribution in [2.24, 2.45) is 0 Å². The molecule has 4 nitrogen and oxygen atoms in total. The molecule has 0 aromatic heterocycles. The summed E-state index contributed by atoms with van der Waals surface area (Å²) in [6.07, 6.45) is 15.6. The highest BCUT2D eigenvalue weighted by Crippen LogP contribution is 2.11. The van der Waals surface area contributed by atoms with Gasteiger partial charge >= 0.3 is 0 Å². The van der Waals surface area contributed by atoms with Gasteiger partial charge in [-0.3, -0.25) is 4.79 Å². The van der Waals surface area contributed by atoms with Gasteiger partial charge in [-0.15, -0.1) is 0 Å². The molecule has 1 N–H and O–H groups in total. The van der Waals surface area contributed by atoms with Gasteiger partial charge in [-0.2, -0.15) is 0 Å². The number of hydrogen-bond acceptors (Lipinski definition) is 3. The van der Waals surface area contributed by atoms with Crippen LogP contribution in [0.15, 0.2) is 11.6 Å². The summed E-state index contributed by atoms with van der Waals surface area (Å²) in [7, 11) is 6.41. The zero-order valence-electron chi connectivity index (χ0n) is 19.0. The number of carbonyl (C=O) groups is 1. The minimum Gasteiger partial charge on any atom is -0.353 e. The van der Waals surface area contributed by atoms with E-state index in [4.69, 9.17) is 0 Å². The monoisotopic (exact) mass is 381 g/mol. The molecule has 0 fully saturated rings. The normalized spacial score (nSPS) is 12.2. The fourth-order valence-corrected chi connectivity index (χ4v) is 3.19. The molecule has 0 aromatic rings. The van der Waals surface area contributed by atoms with E-state index < -0.39 is 0 Å². The van der Waals surface area contributed by atoms with Crippen molar-refractivity contribution in [3.05, 3.63) is 11.6 Å². The van der Waals surface area contributed by atoms with E-state index in [1.165, 1.54) is 63.4 Å². The number of allylic oxidation sites excluding steroid dienone is 1. The molecule has 0 aromatic carbocycles. The predicted octanol–water partition coefficient (Wildman–Crippen LogP) is 4.85. The van der Waals surface area contributed by atoms with E-state index >= 15 is 0 Å². The zero-order valence-corrected chi connectivity index (χ0v) is 19.0. The highest BCUT2D eigenvalue weighted by atomic mass is 16.1. The summed E-state index contributed by atoms with van der Waals surface area (Å²) in [6.45, 7) is 8.45. The fraction of sp³-hybridized carbons (Fsp3) is 0.870. The molecule has 160 valence electrons. The molecule has 0 heterocycles. The number of carbonyl (C=O) groups excluding carboxylic acids is 1. The second-order valence-corrected chi connectivity index (χ2v) is 8.32. The van der Waals surface area contributed by atoms with Gasteiger partial charge < -0.3 is 15.1 Å². The largest absolute Gasteiger partial charge is 0.353 e. The van der Waals surface area contributed by atoms with Crippen LogP contribution in [0.2, 0.25) is 0 Å². The van der Waals surface area contributed by atoms with Crippen LogP contribution in [-0.2, 0) is 4.79 Å². The Bertz CT molecular complexity index is 380. The number of nitrogens with one attached hydrogen (secondary N) is 1. The Morgan fingerprint density at radius 3 is 2.07 bits per heavy atom. The Morgan fingerprint density at radius 1 is 0.815 bits per heavy atom. The third-order valence-electron chi connectivity index (χ3n) is 4.96. The van der Waals surface area contributed by atoms with E-state index in [-0.39, 0.29) is 5.91 Å². The Kier molecular flexibility index (Phi) is 17.9. The summed E-state index contributed by atoms with van der Waals surface area (Å²) in [5.74, 6) is 0.0732. The van der Waals surface area contributed by atoms with E-state index in [2.05, 4.69) is 50.1 Å². The Labute approximate surface area is 169 Å². The van der Waals surface area contributed by atoms with Gasteiger partial charge in [0.1, 0.15) is 0 Å². The van der Waals surface area contributed by atoms with E-state index in [0.29, 0.717) is 0 Å². The lowest BCUT2D eigenvalue weighted by Crippen LogP contribution is -2.28. The van der Waals surface area contributed by atoms with E-state index in [1.807, 2.05) is 0 Å². The van der Waals surface area contributed by atoms with Crippen molar-refractivity contribution in [1.29, 1.82) is 0 Å². The van der Waals surface area contributed by atoms with Gasteiger partial charge in [0.25, 0.3) is 0 Å². The summed E-state index contributed by atoms with van der Waals surface area (Å²) in [6, 6.07) is 0. The van der Waals surface area contributed by atoms with Gasteiger partial charge in [-0.25, -0.2) is 0 Å². The van der Waals surface area contributed by atoms with Crippen molar-refractivity contribution in [2.45, 2.75) is 84.5 Å². The average molecular weight is 382 g/mol. The van der Waals surface area contributed by atoms with E-state index in [0.717, 1.165) is 39.0 Å². The summed E-state index contributed by atoms with van der Waals surface area (Å²) in [4.78, 5) is 16.6. The Balaban J connectivity index is 3.61. The lowest BCUT2D eigenvalue weighted by Gasteiger charge is -2.17.